The van der Waals surface area contributed by atoms with E-state index < -0.39 is 17.7 Å². The smallest absolute Gasteiger partial charge is 0.182 e. The quantitative estimate of drug-likeness (QED) is 0.176. The molecule has 5 aliphatic rings. The molecule has 286 valence electrons. The SMILES string of the molecule is CC1=NC(C2C(=O)C(=c3nc(C)c4c5cc(C(C)(C)C)cc6cc(C(C)(C)C)cc(c3=4)c65)C(O)=C2O)C2=C1c1cc(C(C)(C)C)cc3cc(C(C)(C)C)cc2c13. The monoisotopic (exact) mass is 742 g/mol. The van der Waals surface area contributed by atoms with E-state index in [9.17, 15) is 10.2 Å². The number of nitrogens with zero attached hydrogens (tertiary/aromatic N) is 2. The first-order chi connectivity index (χ1) is 25.9. The second-order valence-corrected chi connectivity index (χ2v) is 21.0. The van der Waals surface area contributed by atoms with Crippen LogP contribution >= 0.6 is 0 Å². The van der Waals surface area contributed by atoms with E-state index in [4.69, 9.17) is 9.98 Å². The van der Waals surface area contributed by atoms with Crippen molar-refractivity contribution in [3.63, 3.8) is 0 Å². The van der Waals surface area contributed by atoms with Gasteiger partial charge >= 0.3 is 0 Å². The second kappa shape index (κ2) is 11.1. The summed E-state index contributed by atoms with van der Waals surface area (Å²) in [5, 5.41) is 33.0. The van der Waals surface area contributed by atoms with Crippen molar-refractivity contribution in [2.24, 2.45) is 10.9 Å². The van der Waals surface area contributed by atoms with Crippen molar-refractivity contribution in [3.8, 4) is 0 Å². The van der Waals surface area contributed by atoms with Crippen molar-refractivity contribution in [2.75, 3.05) is 0 Å². The maximum Gasteiger partial charge on any atom is 0.182 e. The summed E-state index contributed by atoms with van der Waals surface area (Å²) in [6.45, 7) is 30.7. The number of aromatic nitrogens is 1. The lowest BCUT2D eigenvalue weighted by atomic mass is 9.80. The average molecular weight is 743 g/mol. The highest BCUT2D eigenvalue weighted by molar-refractivity contribution is 6.40. The van der Waals surface area contributed by atoms with Crippen LogP contribution in [0.5, 0.6) is 0 Å². The molecule has 9 rings (SSSR count). The Kier molecular flexibility index (Phi) is 7.24. The predicted molar refractivity (Wildman–Crippen MR) is 232 cm³/mol. The number of hydrogen-bond donors (Lipinski definition) is 2. The maximum atomic E-state index is 15.1. The van der Waals surface area contributed by atoms with E-state index in [-0.39, 0.29) is 38.8 Å². The third-order valence-electron chi connectivity index (χ3n) is 12.9. The standard InChI is InChI=1S/C51H54N2O3/c1-23-35-31-19-27(48(3,4)5)15-25-17-29(50(9,10)11)21-33(37(25)31)39(35)43(52-23)41-45(54)42(47(56)46(41)55)44-40-34-22-30(51(12,13)14)18-26-16-28(49(6,7)8)20-32(38(26)34)36(40)24(2)53-44/h15-22,41,43,55-56H,1-14H3. The van der Waals surface area contributed by atoms with Crippen molar-refractivity contribution in [3.05, 3.63) is 115 Å². The number of carbonyl (C=O) groups excluding carboxylic acids is 1. The zero-order valence-corrected chi connectivity index (χ0v) is 35.5. The summed E-state index contributed by atoms with van der Waals surface area (Å²) in [6.07, 6.45) is 0. The molecule has 0 aromatic heterocycles. The van der Waals surface area contributed by atoms with Crippen LogP contribution in [0.15, 0.2) is 65.0 Å². The van der Waals surface area contributed by atoms with Gasteiger partial charge in [0.25, 0.3) is 0 Å². The molecule has 3 aliphatic carbocycles. The van der Waals surface area contributed by atoms with Gasteiger partial charge in [-0.1, -0.05) is 113 Å². The zero-order valence-electron chi connectivity index (χ0n) is 35.5. The minimum atomic E-state index is -1.08. The Morgan fingerprint density at radius 1 is 0.571 bits per heavy atom. The molecule has 4 aromatic carbocycles. The lowest BCUT2D eigenvalue weighted by Gasteiger charge is -2.25. The molecule has 2 unspecified atom stereocenters. The van der Waals surface area contributed by atoms with Gasteiger partial charge in [-0.25, -0.2) is 0 Å². The van der Waals surface area contributed by atoms with Crippen LogP contribution < -0.4 is 5.35 Å². The van der Waals surface area contributed by atoms with Crippen LogP contribution in [0.1, 0.15) is 129 Å². The molecule has 0 bridgehead atoms. The van der Waals surface area contributed by atoms with E-state index in [0.717, 1.165) is 65.7 Å². The van der Waals surface area contributed by atoms with Crippen LogP contribution in [0.4, 0.5) is 0 Å². The number of Topliss-reactive ketones (excluding diaryl/α,β-unsaturated/α-hetero) is 1. The van der Waals surface area contributed by atoms with Gasteiger partial charge in [0.1, 0.15) is 11.7 Å². The molecule has 2 heterocycles. The molecule has 0 fully saturated rings. The van der Waals surface area contributed by atoms with Crippen molar-refractivity contribution < 1.29 is 15.0 Å². The molecule has 0 radical (unpaired) electrons. The number of fused-ring (bicyclic) bond motifs is 4. The number of hydrogen-bond acceptors (Lipinski definition) is 5. The minimum Gasteiger partial charge on any atom is -0.508 e. The van der Waals surface area contributed by atoms with Gasteiger partial charge in [-0.15, -0.1) is 0 Å². The number of ketones is 1. The summed E-state index contributed by atoms with van der Waals surface area (Å²) in [7, 11) is 0. The molecule has 5 nitrogen and oxygen atoms in total. The molecule has 0 saturated heterocycles. The van der Waals surface area contributed by atoms with Gasteiger partial charge in [-0.2, -0.15) is 0 Å². The maximum absolute atomic E-state index is 15.1. The van der Waals surface area contributed by atoms with E-state index in [0.29, 0.717) is 5.35 Å². The van der Waals surface area contributed by atoms with Crippen LogP contribution in [-0.2, 0) is 26.5 Å². The number of benzene rings is 4. The van der Waals surface area contributed by atoms with Crippen molar-refractivity contribution in [1.29, 1.82) is 0 Å². The van der Waals surface area contributed by atoms with Gasteiger partial charge in [0, 0.05) is 27.4 Å². The topological polar surface area (TPSA) is 82.8 Å². The first kappa shape index (κ1) is 36.6. The molecule has 2 aliphatic heterocycles. The van der Waals surface area contributed by atoms with Gasteiger partial charge in [0.2, 0.25) is 0 Å². The highest BCUT2D eigenvalue weighted by Gasteiger charge is 2.50. The number of aliphatic hydroxyl groups is 2. The van der Waals surface area contributed by atoms with Gasteiger partial charge in [0.15, 0.2) is 11.5 Å². The molecule has 0 saturated carbocycles. The molecule has 4 aromatic rings. The van der Waals surface area contributed by atoms with Crippen LogP contribution in [0.25, 0.3) is 49.0 Å². The van der Waals surface area contributed by atoms with Crippen LogP contribution in [0, 0.1) is 23.3 Å². The third-order valence-corrected chi connectivity index (χ3v) is 12.9. The fraction of sp³-hybridized carbons (Fsp3) is 0.392. The summed E-state index contributed by atoms with van der Waals surface area (Å²) in [4.78, 5) is 25.4. The Hall–Kier alpha value is -5.03. The minimum absolute atomic E-state index is 0.0795. The third kappa shape index (κ3) is 4.94. The fourth-order valence-corrected chi connectivity index (χ4v) is 9.67. The number of allylic oxidation sites excluding steroid dienone is 2. The summed E-state index contributed by atoms with van der Waals surface area (Å²) >= 11 is 0. The van der Waals surface area contributed by atoms with Gasteiger partial charge in [-0.05, 0) is 125 Å². The van der Waals surface area contributed by atoms with E-state index in [1.807, 2.05) is 13.8 Å². The lowest BCUT2D eigenvalue weighted by molar-refractivity contribution is -0.116. The van der Waals surface area contributed by atoms with Crippen LogP contribution in [0.2, 0.25) is 0 Å². The van der Waals surface area contributed by atoms with Crippen molar-refractivity contribution in [2.45, 2.75) is 125 Å². The van der Waals surface area contributed by atoms with E-state index >= 15 is 4.79 Å². The highest BCUT2D eigenvalue weighted by Crippen LogP contribution is 2.54. The number of aryl methyl sites for hydroxylation is 1. The second-order valence-electron chi connectivity index (χ2n) is 21.0. The Balaban J connectivity index is 1.31. The Morgan fingerprint density at radius 2 is 1.04 bits per heavy atom. The summed E-state index contributed by atoms with van der Waals surface area (Å²) in [5.41, 5.74) is 10.3. The number of rotatable bonds is 1. The first-order valence-electron chi connectivity index (χ1n) is 20.1. The van der Waals surface area contributed by atoms with E-state index in [1.54, 1.807) is 0 Å². The fourth-order valence-electron chi connectivity index (χ4n) is 9.67. The largest absolute Gasteiger partial charge is 0.508 e. The molecular weight excluding hydrogens is 689 g/mol. The lowest BCUT2D eigenvalue weighted by Crippen LogP contribution is -2.28. The summed E-state index contributed by atoms with van der Waals surface area (Å²) in [5.74, 6) is -2.15. The number of aliphatic hydroxyl groups excluding tert-OH is 2. The molecule has 0 spiro atoms. The number of aliphatic imine (C=N–C) groups is 1. The van der Waals surface area contributed by atoms with Gasteiger partial charge < -0.3 is 10.2 Å². The molecular formula is C51H54N2O3. The normalized spacial score (nSPS) is 20.3. The molecule has 2 atom stereocenters. The predicted octanol–water partition coefficient (Wildman–Crippen LogP) is 11.4. The molecule has 2 N–H and O–H groups in total. The van der Waals surface area contributed by atoms with Crippen molar-refractivity contribution in [1.82, 2.24) is 4.98 Å². The van der Waals surface area contributed by atoms with Crippen molar-refractivity contribution >= 4 is 60.5 Å². The number of carbonyl (C=O) groups is 1. The van der Waals surface area contributed by atoms with Crippen LogP contribution in [-0.4, -0.2) is 32.7 Å². The van der Waals surface area contributed by atoms with E-state index in [2.05, 4.69) is 132 Å². The zero-order chi connectivity index (χ0) is 40.5. The Bertz CT molecular complexity index is 2990. The summed E-state index contributed by atoms with van der Waals surface area (Å²) in [6, 6.07) is 17.6. The van der Waals surface area contributed by atoms with Crippen LogP contribution in [0.3, 0.4) is 0 Å². The summed E-state index contributed by atoms with van der Waals surface area (Å²) < 4.78 is 0. The average Bonchev–Trinajstić information content (AvgIpc) is 3.84. The molecule has 0 amide bonds. The Morgan fingerprint density at radius 3 is 1.55 bits per heavy atom. The van der Waals surface area contributed by atoms with E-state index in [1.165, 1.54) is 33.0 Å². The first-order valence-corrected chi connectivity index (χ1v) is 20.1. The molecule has 5 heteroatoms. The Labute approximate surface area is 329 Å². The molecule has 56 heavy (non-hydrogen) atoms. The van der Waals surface area contributed by atoms with Gasteiger partial charge in [-0.3, -0.25) is 14.8 Å². The van der Waals surface area contributed by atoms with Gasteiger partial charge in [0.05, 0.1) is 17.0 Å². The highest BCUT2D eigenvalue weighted by atomic mass is 16.3.